The highest BCUT2D eigenvalue weighted by atomic mass is 32.1. The molecule has 3 heterocycles. The maximum absolute atomic E-state index is 12.4. The molecule has 2 saturated heterocycles. The summed E-state index contributed by atoms with van der Waals surface area (Å²) in [5.74, 6) is 1.58. The van der Waals surface area contributed by atoms with Gasteiger partial charge in [-0.3, -0.25) is 4.79 Å². The Balaban J connectivity index is 1.81. The monoisotopic (exact) mass is 250 g/mol. The Morgan fingerprint density at radius 3 is 3.18 bits per heavy atom. The van der Waals surface area contributed by atoms with Crippen LogP contribution in [-0.4, -0.2) is 36.5 Å². The third-order valence-corrected chi connectivity index (χ3v) is 4.99. The maximum Gasteiger partial charge on any atom is 0.264 e. The van der Waals surface area contributed by atoms with E-state index in [0.29, 0.717) is 17.9 Å². The van der Waals surface area contributed by atoms with Gasteiger partial charge in [-0.1, -0.05) is 13.0 Å². The summed E-state index contributed by atoms with van der Waals surface area (Å²) in [6.07, 6.45) is 1.07. The van der Waals surface area contributed by atoms with Gasteiger partial charge in [-0.15, -0.1) is 11.3 Å². The van der Waals surface area contributed by atoms with E-state index in [-0.39, 0.29) is 5.91 Å². The molecule has 0 spiro atoms. The molecule has 1 aromatic heterocycles. The van der Waals surface area contributed by atoms with Crippen molar-refractivity contribution in [3.63, 3.8) is 0 Å². The van der Waals surface area contributed by atoms with Crippen LogP contribution in [0.4, 0.5) is 0 Å². The fourth-order valence-electron chi connectivity index (χ4n) is 3.32. The zero-order valence-corrected chi connectivity index (χ0v) is 10.9. The molecule has 17 heavy (non-hydrogen) atoms. The van der Waals surface area contributed by atoms with Gasteiger partial charge in [0.05, 0.1) is 4.88 Å². The number of hydrogen-bond donors (Lipinski definition) is 1. The number of fused-ring (bicyclic) bond motifs is 1. The molecule has 1 aromatic rings. The zero-order valence-electron chi connectivity index (χ0n) is 10.1. The summed E-state index contributed by atoms with van der Waals surface area (Å²) >= 11 is 1.55. The predicted molar refractivity (Wildman–Crippen MR) is 69.3 cm³/mol. The van der Waals surface area contributed by atoms with Crippen LogP contribution < -0.4 is 5.32 Å². The minimum Gasteiger partial charge on any atom is -0.334 e. The van der Waals surface area contributed by atoms with Crippen molar-refractivity contribution in [1.29, 1.82) is 0 Å². The van der Waals surface area contributed by atoms with Crippen molar-refractivity contribution in [3.05, 3.63) is 22.4 Å². The van der Waals surface area contributed by atoms with Gasteiger partial charge in [0.2, 0.25) is 0 Å². The molecule has 0 aromatic carbocycles. The van der Waals surface area contributed by atoms with Crippen molar-refractivity contribution in [2.75, 3.05) is 19.6 Å². The van der Waals surface area contributed by atoms with Crippen LogP contribution in [0.3, 0.4) is 0 Å². The molecule has 4 heteroatoms. The second kappa shape index (κ2) is 4.42. The van der Waals surface area contributed by atoms with Gasteiger partial charge >= 0.3 is 0 Å². The molecule has 1 N–H and O–H groups in total. The predicted octanol–water partition coefficient (Wildman–Crippen LogP) is 1.82. The Morgan fingerprint density at radius 1 is 1.59 bits per heavy atom. The largest absolute Gasteiger partial charge is 0.334 e. The Bertz CT molecular complexity index is 404. The molecule has 2 fully saturated rings. The van der Waals surface area contributed by atoms with Crippen LogP contribution >= 0.6 is 11.3 Å². The summed E-state index contributed by atoms with van der Waals surface area (Å²) in [5, 5.41) is 5.43. The van der Waals surface area contributed by atoms with Gasteiger partial charge in [0.1, 0.15) is 0 Å². The zero-order chi connectivity index (χ0) is 11.8. The van der Waals surface area contributed by atoms with Crippen molar-refractivity contribution in [1.82, 2.24) is 10.2 Å². The van der Waals surface area contributed by atoms with Crippen molar-refractivity contribution >= 4 is 17.2 Å². The van der Waals surface area contributed by atoms with Crippen molar-refractivity contribution < 1.29 is 4.79 Å². The van der Waals surface area contributed by atoms with E-state index >= 15 is 0 Å². The van der Waals surface area contributed by atoms with E-state index in [9.17, 15) is 4.79 Å². The number of nitrogens with one attached hydrogen (secondary N) is 1. The van der Waals surface area contributed by atoms with Crippen LogP contribution in [0.15, 0.2) is 17.5 Å². The standard InChI is InChI=1S/C13H18N2OS/c1-2-11-10-7-14-6-9(10)8-15(11)13(16)12-4-3-5-17-12/h3-5,9-11,14H,2,6-8H2,1H3. The first-order valence-electron chi connectivity index (χ1n) is 6.36. The maximum atomic E-state index is 12.4. The van der Waals surface area contributed by atoms with Gasteiger partial charge in [0.15, 0.2) is 0 Å². The second-order valence-electron chi connectivity index (χ2n) is 4.99. The van der Waals surface area contributed by atoms with Gasteiger partial charge in [0, 0.05) is 25.7 Å². The highest BCUT2D eigenvalue weighted by Crippen LogP contribution is 2.35. The average Bonchev–Trinajstić information content (AvgIpc) is 3.03. The van der Waals surface area contributed by atoms with Crippen LogP contribution in [0.2, 0.25) is 0 Å². The van der Waals surface area contributed by atoms with E-state index in [1.54, 1.807) is 11.3 Å². The van der Waals surface area contributed by atoms with Crippen molar-refractivity contribution in [2.45, 2.75) is 19.4 Å². The van der Waals surface area contributed by atoms with Crippen molar-refractivity contribution in [2.24, 2.45) is 11.8 Å². The molecule has 1 amide bonds. The number of hydrogen-bond acceptors (Lipinski definition) is 3. The molecule has 0 saturated carbocycles. The lowest BCUT2D eigenvalue weighted by molar-refractivity contribution is 0.0716. The van der Waals surface area contributed by atoms with Crippen LogP contribution in [-0.2, 0) is 0 Å². The number of thiophene rings is 1. The molecule has 2 aliphatic heterocycles. The first kappa shape index (κ1) is 11.2. The molecule has 0 bridgehead atoms. The van der Waals surface area contributed by atoms with E-state index in [1.807, 2.05) is 17.5 Å². The van der Waals surface area contributed by atoms with Gasteiger partial charge in [-0.25, -0.2) is 0 Å². The van der Waals surface area contributed by atoms with E-state index in [4.69, 9.17) is 0 Å². The molecular weight excluding hydrogens is 232 g/mol. The number of nitrogens with zero attached hydrogens (tertiary/aromatic N) is 1. The summed E-state index contributed by atoms with van der Waals surface area (Å²) in [7, 11) is 0. The summed E-state index contributed by atoms with van der Waals surface area (Å²) < 4.78 is 0. The van der Waals surface area contributed by atoms with Gasteiger partial charge in [0.25, 0.3) is 5.91 Å². The lowest BCUT2D eigenvalue weighted by Gasteiger charge is -2.26. The van der Waals surface area contributed by atoms with Gasteiger partial charge < -0.3 is 10.2 Å². The van der Waals surface area contributed by atoms with Crippen LogP contribution in [0.25, 0.3) is 0 Å². The minimum absolute atomic E-state index is 0.237. The molecule has 3 unspecified atom stereocenters. The third-order valence-electron chi connectivity index (χ3n) is 4.13. The molecule has 92 valence electrons. The van der Waals surface area contributed by atoms with Crippen molar-refractivity contribution in [3.8, 4) is 0 Å². The fourth-order valence-corrected chi connectivity index (χ4v) is 4.00. The Kier molecular flexibility index (Phi) is 2.92. The molecule has 3 atom stereocenters. The Morgan fingerprint density at radius 2 is 2.47 bits per heavy atom. The van der Waals surface area contributed by atoms with Crippen LogP contribution in [0, 0.1) is 11.8 Å². The van der Waals surface area contributed by atoms with Gasteiger partial charge in [-0.2, -0.15) is 0 Å². The minimum atomic E-state index is 0.237. The topological polar surface area (TPSA) is 32.3 Å². The lowest BCUT2D eigenvalue weighted by atomic mass is 9.93. The van der Waals surface area contributed by atoms with E-state index in [1.165, 1.54) is 0 Å². The number of carbonyl (C=O) groups is 1. The highest BCUT2D eigenvalue weighted by Gasteiger charge is 2.45. The average molecular weight is 250 g/mol. The number of carbonyl (C=O) groups excluding carboxylic acids is 1. The third kappa shape index (κ3) is 1.79. The second-order valence-corrected chi connectivity index (χ2v) is 5.94. The summed E-state index contributed by atoms with van der Waals surface area (Å²) in [4.78, 5) is 15.4. The molecule has 0 radical (unpaired) electrons. The smallest absolute Gasteiger partial charge is 0.264 e. The quantitative estimate of drug-likeness (QED) is 0.868. The van der Waals surface area contributed by atoms with Gasteiger partial charge in [-0.05, 0) is 29.7 Å². The number of likely N-dealkylation sites (tertiary alicyclic amines) is 1. The molecule has 0 aliphatic carbocycles. The molecule has 3 nitrogen and oxygen atoms in total. The van der Waals surface area contributed by atoms with E-state index < -0.39 is 0 Å². The Hall–Kier alpha value is -0.870. The molecular formula is C13H18N2OS. The number of amides is 1. The van der Waals surface area contributed by atoms with Crippen LogP contribution in [0.5, 0.6) is 0 Å². The normalized spacial score (nSPS) is 31.8. The highest BCUT2D eigenvalue weighted by molar-refractivity contribution is 7.12. The SMILES string of the molecule is CCC1C2CNCC2CN1C(=O)c1cccs1. The van der Waals surface area contributed by atoms with E-state index in [2.05, 4.69) is 17.1 Å². The Labute approximate surface area is 106 Å². The lowest BCUT2D eigenvalue weighted by Crippen LogP contribution is -2.39. The summed E-state index contributed by atoms with van der Waals surface area (Å²) in [6.45, 7) is 5.29. The molecule has 3 rings (SSSR count). The first-order valence-corrected chi connectivity index (χ1v) is 7.24. The fraction of sp³-hybridized carbons (Fsp3) is 0.615. The molecule has 2 aliphatic rings. The van der Waals surface area contributed by atoms with Crippen LogP contribution in [0.1, 0.15) is 23.0 Å². The first-order chi connectivity index (χ1) is 8.31. The number of rotatable bonds is 2. The van der Waals surface area contributed by atoms with E-state index in [0.717, 1.165) is 30.9 Å². The summed E-state index contributed by atoms with van der Waals surface area (Å²) in [5.41, 5.74) is 0. The summed E-state index contributed by atoms with van der Waals surface area (Å²) in [6, 6.07) is 4.33.